The number of carbonyl (C=O) groups excluding carboxylic acids is 2. The first-order valence-electron chi connectivity index (χ1n) is 11.6. The number of esters is 2. The van der Waals surface area contributed by atoms with Gasteiger partial charge in [0.1, 0.15) is 18.1 Å². The summed E-state index contributed by atoms with van der Waals surface area (Å²) in [7, 11) is 1.57. The van der Waals surface area contributed by atoms with Gasteiger partial charge in [0.15, 0.2) is 0 Å². The molecule has 0 spiro atoms. The van der Waals surface area contributed by atoms with Crippen molar-refractivity contribution in [2.45, 2.75) is 65.8 Å². The van der Waals surface area contributed by atoms with Gasteiger partial charge < -0.3 is 19.5 Å². The number of anilines is 1. The van der Waals surface area contributed by atoms with Crippen molar-refractivity contribution in [2.24, 2.45) is 0 Å². The Morgan fingerprint density at radius 3 is 2.56 bits per heavy atom. The fourth-order valence-corrected chi connectivity index (χ4v) is 4.14. The summed E-state index contributed by atoms with van der Waals surface area (Å²) in [5.74, 6) is -0.994. The molecular weight excluding hydrogens is 475 g/mol. The number of methoxy groups -OCH3 is 1. The number of para-hydroxylation sites is 1. The molecule has 1 aliphatic rings. The number of alkyl halides is 3. The summed E-state index contributed by atoms with van der Waals surface area (Å²) in [5, 5.41) is 3.35. The van der Waals surface area contributed by atoms with Crippen LogP contribution in [-0.2, 0) is 28.7 Å². The highest BCUT2D eigenvalue weighted by molar-refractivity contribution is 6.01. The molecule has 0 bridgehead atoms. The Morgan fingerprint density at radius 1 is 1.22 bits per heavy atom. The summed E-state index contributed by atoms with van der Waals surface area (Å²) in [6, 6.07) is 4.67. The number of nitrogens with one attached hydrogen (secondary N) is 1. The first-order valence-corrected chi connectivity index (χ1v) is 11.6. The first kappa shape index (κ1) is 27.1. The van der Waals surface area contributed by atoms with Crippen LogP contribution in [0.25, 0.3) is 0 Å². The monoisotopic (exact) mass is 505 g/mol. The number of hydrogen-bond acceptors (Lipinski definition) is 6. The van der Waals surface area contributed by atoms with E-state index < -0.39 is 23.5 Å². The second kappa shape index (κ2) is 11.1. The van der Waals surface area contributed by atoms with Crippen molar-refractivity contribution in [3.63, 3.8) is 0 Å². The Morgan fingerprint density at radius 2 is 1.92 bits per heavy atom. The molecule has 194 valence electrons. The van der Waals surface area contributed by atoms with Crippen LogP contribution in [0.1, 0.15) is 66.2 Å². The van der Waals surface area contributed by atoms with Crippen LogP contribution in [0.3, 0.4) is 0 Å². The van der Waals surface area contributed by atoms with E-state index in [1.807, 2.05) is 33.8 Å². The second-order valence-corrected chi connectivity index (χ2v) is 8.96. The van der Waals surface area contributed by atoms with Crippen LogP contribution in [0.5, 0.6) is 11.5 Å². The highest BCUT2D eigenvalue weighted by atomic mass is 19.4. The number of rotatable bonds is 9. The van der Waals surface area contributed by atoms with Crippen molar-refractivity contribution in [2.75, 3.05) is 12.4 Å². The van der Waals surface area contributed by atoms with Crippen molar-refractivity contribution >= 4 is 17.6 Å². The van der Waals surface area contributed by atoms with E-state index in [1.165, 1.54) is 12.1 Å². The lowest BCUT2D eigenvalue weighted by Gasteiger charge is -2.22. The lowest BCUT2D eigenvalue weighted by atomic mass is 9.93. The van der Waals surface area contributed by atoms with E-state index >= 15 is 0 Å². The molecule has 1 heterocycles. The van der Waals surface area contributed by atoms with Crippen molar-refractivity contribution in [3.8, 4) is 11.5 Å². The molecule has 0 unspecified atom stereocenters. The molecule has 0 aromatic heterocycles. The van der Waals surface area contributed by atoms with Crippen LogP contribution in [-0.4, -0.2) is 25.1 Å². The predicted octanol–water partition coefficient (Wildman–Crippen LogP) is 6.39. The summed E-state index contributed by atoms with van der Waals surface area (Å²) in [6.07, 6.45) is -2.08. The number of cyclic esters (lactones) is 1. The smallest absolute Gasteiger partial charge is 0.419 e. The molecule has 2 aromatic carbocycles. The van der Waals surface area contributed by atoms with Gasteiger partial charge in [0.2, 0.25) is 0 Å². The third-order valence-electron chi connectivity index (χ3n) is 5.90. The van der Waals surface area contributed by atoms with Crippen LogP contribution in [0.15, 0.2) is 35.9 Å². The normalized spacial score (nSPS) is 13.5. The quantitative estimate of drug-likeness (QED) is 0.242. The third kappa shape index (κ3) is 6.01. The highest BCUT2D eigenvalue weighted by Crippen LogP contribution is 2.42. The van der Waals surface area contributed by atoms with Crippen LogP contribution in [0.2, 0.25) is 0 Å². The standard InChI is InChI=1S/C27H30F3NO5/c1-15(2)31-24-18(25(34-5)17(4)19-14-35-26(33)23(19)24)12-10-16(3)11-13-22(32)36-21-9-7-6-8-20(21)27(28,29)30/h6-10,15,31H,11-14H2,1-5H3. The van der Waals surface area contributed by atoms with Crippen LogP contribution < -0.4 is 14.8 Å². The lowest BCUT2D eigenvalue weighted by Crippen LogP contribution is -2.16. The molecule has 0 aliphatic carbocycles. The maximum atomic E-state index is 13.1. The molecule has 0 radical (unpaired) electrons. The second-order valence-electron chi connectivity index (χ2n) is 8.96. The van der Waals surface area contributed by atoms with Gasteiger partial charge in [0.05, 0.1) is 23.9 Å². The Balaban J connectivity index is 1.77. The maximum absolute atomic E-state index is 13.1. The zero-order valence-electron chi connectivity index (χ0n) is 21.0. The number of ether oxygens (including phenoxy) is 3. The van der Waals surface area contributed by atoms with E-state index in [0.717, 1.165) is 34.4 Å². The molecule has 0 atom stereocenters. The number of carbonyl (C=O) groups is 2. The molecule has 1 aliphatic heterocycles. The number of halogens is 3. The van der Waals surface area contributed by atoms with Gasteiger partial charge in [-0.3, -0.25) is 4.79 Å². The van der Waals surface area contributed by atoms with Crippen LogP contribution in [0, 0.1) is 6.92 Å². The predicted molar refractivity (Wildman–Crippen MR) is 129 cm³/mol. The van der Waals surface area contributed by atoms with Crippen molar-refractivity contribution in [1.29, 1.82) is 0 Å². The molecular formula is C27H30F3NO5. The number of hydrogen-bond donors (Lipinski definition) is 1. The molecule has 0 fully saturated rings. The Bertz CT molecular complexity index is 1180. The average molecular weight is 506 g/mol. The Hall–Kier alpha value is -3.49. The van der Waals surface area contributed by atoms with E-state index in [9.17, 15) is 22.8 Å². The lowest BCUT2D eigenvalue weighted by molar-refractivity contribution is -0.142. The Kier molecular flexibility index (Phi) is 8.32. The third-order valence-corrected chi connectivity index (χ3v) is 5.90. The molecule has 0 saturated heterocycles. The minimum absolute atomic E-state index is 0.0492. The summed E-state index contributed by atoms with van der Waals surface area (Å²) in [6.45, 7) is 7.83. The van der Waals surface area contributed by atoms with Gasteiger partial charge in [0, 0.05) is 23.6 Å². The summed E-state index contributed by atoms with van der Waals surface area (Å²) < 4.78 is 55.4. The van der Waals surface area contributed by atoms with E-state index in [2.05, 4.69) is 5.32 Å². The number of allylic oxidation sites excluding steroid dienone is 2. The molecule has 6 nitrogen and oxygen atoms in total. The Labute approximate surface area is 208 Å². The maximum Gasteiger partial charge on any atom is 0.419 e. The summed E-state index contributed by atoms with van der Waals surface area (Å²) in [5.41, 5.74) is 3.45. The molecule has 2 aromatic rings. The highest BCUT2D eigenvalue weighted by Gasteiger charge is 2.35. The number of fused-ring (bicyclic) bond motifs is 1. The fraction of sp³-hybridized carbons (Fsp3) is 0.407. The zero-order chi connectivity index (χ0) is 26.6. The van der Waals surface area contributed by atoms with Gasteiger partial charge in [0.25, 0.3) is 0 Å². The largest absolute Gasteiger partial charge is 0.496 e. The van der Waals surface area contributed by atoms with Gasteiger partial charge >= 0.3 is 18.1 Å². The summed E-state index contributed by atoms with van der Waals surface area (Å²) in [4.78, 5) is 24.7. The fourth-order valence-electron chi connectivity index (χ4n) is 4.14. The van der Waals surface area contributed by atoms with Gasteiger partial charge in [-0.15, -0.1) is 0 Å². The summed E-state index contributed by atoms with van der Waals surface area (Å²) >= 11 is 0. The molecule has 9 heteroatoms. The average Bonchev–Trinajstić information content (AvgIpc) is 3.19. The van der Waals surface area contributed by atoms with Crippen molar-refractivity contribution in [3.05, 3.63) is 63.7 Å². The van der Waals surface area contributed by atoms with E-state index in [1.54, 1.807) is 7.11 Å². The SMILES string of the molecule is COc1c(C)c2c(c(NC(C)C)c1CC=C(C)CCC(=O)Oc1ccccc1C(F)(F)F)C(=O)OC2. The van der Waals surface area contributed by atoms with E-state index in [-0.39, 0.29) is 25.0 Å². The first-order chi connectivity index (χ1) is 16.9. The zero-order valence-corrected chi connectivity index (χ0v) is 21.0. The van der Waals surface area contributed by atoms with Gasteiger partial charge in [-0.25, -0.2) is 4.79 Å². The van der Waals surface area contributed by atoms with Crippen molar-refractivity contribution in [1.82, 2.24) is 0 Å². The molecule has 1 N–H and O–H groups in total. The van der Waals surface area contributed by atoms with Crippen molar-refractivity contribution < 1.29 is 37.0 Å². The van der Waals surface area contributed by atoms with E-state index in [0.29, 0.717) is 29.8 Å². The van der Waals surface area contributed by atoms with Crippen LogP contribution >= 0.6 is 0 Å². The van der Waals surface area contributed by atoms with Gasteiger partial charge in [-0.05, 0) is 58.2 Å². The molecule has 36 heavy (non-hydrogen) atoms. The molecule has 3 rings (SSSR count). The minimum atomic E-state index is -4.62. The topological polar surface area (TPSA) is 73.9 Å². The van der Waals surface area contributed by atoms with Gasteiger partial charge in [-0.1, -0.05) is 23.8 Å². The molecule has 0 saturated carbocycles. The van der Waals surface area contributed by atoms with E-state index in [4.69, 9.17) is 14.2 Å². The molecule has 0 amide bonds. The van der Waals surface area contributed by atoms with Crippen LogP contribution in [0.4, 0.5) is 18.9 Å². The minimum Gasteiger partial charge on any atom is -0.496 e. The van der Waals surface area contributed by atoms with Gasteiger partial charge in [-0.2, -0.15) is 13.2 Å². The number of benzene rings is 2.